The van der Waals surface area contributed by atoms with Crippen LogP contribution in [0.3, 0.4) is 0 Å². The lowest BCUT2D eigenvalue weighted by Crippen LogP contribution is -3.00. The van der Waals surface area contributed by atoms with Crippen LogP contribution in [0, 0.1) is 0 Å². The number of halogens is 2. The van der Waals surface area contributed by atoms with Crippen LogP contribution in [0.15, 0.2) is 28.7 Å². The molecule has 1 rings (SSSR count). The number of ketones is 1. The van der Waals surface area contributed by atoms with Gasteiger partial charge in [-0.25, -0.2) is 0 Å². The summed E-state index contributed by atoms with van der Waals surface area (Å²) in [5.74, 6) is 0.194. The summed E-state index contributed by atoms with van der Waals surface area (Å²) in [5.41, 5.74) is 0.779. The van der Waals surface area contributed by atoms with Gasteiger partial charge in [-0.1, -0.05) is 28.1 Å². The van der Waals surface area contributed by atoms with Crippen molar-refractivity contribution < 1.29 is 17.2 Å². The van der Waals surface area contributed by atoms with Gasteiger partial charge in [0.25, 0.3) is 0 Å². The monoisotopic (exact) mass is 290 g/mol. The molecule has 1 aromatic rings. The van der Waals surface area contributed by atoms with Gasteiger partial charge in [0, 0.05) is 23.0 Å². The van der Waals surface area contributed by atoms with E-state index in [2.05, 4.69) is 15.9 Å². The number of nitrogens with zero attached hydrogens (tertiary/aromatic N) is 1. The number of carbonyl (C=O) groups excluding carboxylic acids is 1. The summed E-state index contributed by atoms with van der Waals surface area (Å²) in [5, 5.41) is 0. The van der Waals surface area contributed by atoms with E-state index in [9.17, 15) is 4.79 Å². The molecule has 15 heavy (non-hydrogen) atoms. The fourth-order valence-corrected chi connectivity index (χ4v) is 1.53. The predicted molar refractivity (Wildman–Crippen MR) is 61.6 cm³/mol. The first-order valence-corrected chi connectivity index (χ1v) is 5.32. The molecule has 0 saturated carbocycles. The molecule has 0 spiro atoms. The second-order valence-corrected chi connectivity index (χ2v) is 4.40. The van der Waals surface area contributed by atoms with Gasteiger partial charge in [-0.15, -0.1) is 0 Å². The van der Waals surface area contributed by atoms with E-state index < -0.39 is 0 Å². The third-order valence-corrected chi connectivity index (χ3v) is 2.43. The molecule has 0 aromatic heterocycles. The minimum atomic E-state index is 0. The van der Waals surface area contributed by atoms with Gasteiger partial charge in [-0.05, 0) is 26.2 Å². The molecular formula is C11H14BrClNO-. The quantitative estimate of drug-likeness (QED) is 0.703. The van der Waals surface area contributed by atoms with E-state index in [0.717, 1.165) is 16.6 Å². The van der Waals surface area contributed by atoms with Crippen molar-refractivity contribution in [2.75, 3.05) is 20.6 Å². The van der Waals surface area contributed by atoms with Crippen LogP contribution in [-0.2, 0) is 0 Å². The Hall–Kier alpha value is -0.380. The highest BCUT2D eigenvalue weighted by Gasteiger charge is 2.05. The van der Waals surface area contributed by atoms with Crippen LogP contribution in [0.25, 0.3) is 0 Å². The van der Waals surface area contributed by atoms with E-state index in [1.54, 1.807) is 0 Å². The van der Waals surface area contributed by atoms with Gasteiger partial charge >= 0.3 is 0 Å². The minimum Gasteiger partial charge on any atom is -1.00 e. The SMILES string of the molecule is CN(C)CCC(=O)c1cccc(Br)c1.[Cl-]. The van der Waals surface area contributed by atoms with Crippen LogP contribution in [0.1, 0.15) is 16.8 Å². The first-order valence-electron chi connectivity index (χ1n) is 4.53. The fourth-order valence-electron chi connectivity index (χ4n) is 1.13. The minimum absolute atomic E-state index is 0. The first-order chi connectivity index (χ1) is 6.59. The number of Topliss-reactive ketones (excluding diaryl/α,β-unsaturated/α-hetero) is 1. The Labute approximate surface area is 105 Å². The Morgan fingerprint density at radius 1 is 1.40 bits per heavy atom. The Morgan fingerprint density at radius 2 is 2.07 bits per heavy atom. The molecule has 84 valence electrons. The molecular weight excluding hydrogens is 277 g/mol. The summed E-state index contributed by atoms with van der Waals surface area (Å²) in [6, 6.07) is 7.51. The van der Waals surface area contributed by atoms with Gasteiger partial charge in [0.2, 0.25) is 0 Å². The van der Waals surface area contributed by atoms with Crippen LogP contribution in [0.4, 0.5) is 0 Å². The number of rotatable bonds is 4. The maximum Gasteiger partial charge on any atom is 0.164 e. The van der Waals surface area contributed by atoms with Gasteiger partial charge in [0.05, 0.1) is 0 Å². The van der Waals surface area contributed by atoms with Crippen molar-refractivity contribution in [3.8, 4) is 0 Å². The number of hydrogen-bond acceptors (Lipinski definition) is 2. The number of benzene rings is 1. The zero-order valence-corrected chi connectivity index (χ0v) is 11.2. The highest BCUT2D eigenvalue weighted by Crippen LogP contribution is 2.13. The molecule has 0 fully saturated rings. The average molecular weight is 292 g/mol. The standard InChI is InChI=1S/C11H14BrNO.ClH/c1-13(2)7-6-11(14)9-4-3-5-10(12)8-9;/h3-5,8H,6-7H2,1-2H3;1H/p-1. The Bertz CT molecular complexity index is 328. The molecule has 0 aliphatic carbocycles. The van der Waals surface area contributed by atoms with Crippen molar-refractivity contribution in [1.29, 1.82) is 0 Å². The Kier molecular flexibility index (Phi) is 6.81. The number of carbonyl (C=O) groups is 1. The first kappa shape index (κ1) is 14.6. The largest absolute Gasteiger partial charge is 1.00 e. The molecule has 2 nitrogen and oxygen atoms in total. The van der Waals surface area contributed by atoms with Crippen LogP contribution in [-0.4, -0.2) is 31.3 Å². The number of hydrogen-bond donors (Lipinski definition) is 0. The maximum atomic E-state index is 11.7. The van der Waals surface area contributed by atoms with E-state index in [1.807, 2.05) is 43.3 Å². The summed E-state index contributed by atoms with van der Waals surface area (Å²) < 4.78 is 0.952. The molecule has 0 aliphatic rings. The zero-order valence-electron chi connectivity index (χ0n) is 8.84. The summed E-state index contributed by atoms with van der Waals surface area (Å²) in [6.45, 7) is 0.797. The van der Waals surface area contributed by atoms with Crippen molar-refractivity contribution >= 4 is 21.7 Å². The van der Waals surface area contributed by atoms with Crippen LogP contribution in [0.2, 0.25) is 0 Å². The van der Waals surface area contributed by atoms with Gasteiger partial charge in [0.1, 0.15) is 0 Å². The Morgan fingerprint density at radius 3 is 2.60 bits per heavy atom. The molecule has 0 saturated heterocycles. The summed E-state index contributed by atoms with van der Waals surface area (Å²) in [4.78, 5) is 13.7. The normalized spacial score (nSPS) is 9.87. The maximum absolute atomic E-state index is 11.7. The molecule has 0 radical (unpaired) electrons. The zero-order chi connectivity index (χ0) is 10.6. The van der Waals surface area contributed by atoms with Gasteiger partial charge in [-0.3, -0.25) is 4.79 Å². The van der Waals surface area contributed by atoms with Gasteiger partial charge in [0.15, 0.2) is 5.78 Å². The molecule has 0 amide bonds. The Balaban J connectivity index is 0.00000196. The summed E-state index contributed by atoms with van der Waals surface area (Å²) >= 11 is 3.35. The van der Waals surface area contributed by atoms with Crippen LogP contribution >= 0.6 is 15.9 Å². The van der Waals surface area contributed by atoms with Crippen molar-refractivity contribution in [3.05, 3.63) is 34.3 Å². The summed E-state index contributed by atoms with van der Waals surface area (Å²) in [7, 11) is 3.93. The second kappa shape index (κ2) is 6.99. The molecule has 1 aromatic carbocycles. The van der Waals surface area contributed by atoms with Crippen molar-refractivity contribution in [1.82, 2.24) is 4.90 Å². The van der Waals surface area contributed by atoms with E-state index in [0.29, 0.717) is 6.42 Å². The third-order valence-electron chi connectivity index (χ3n) is 1.93. The van der Waals surface area contributed by atoms with Crippen molar-refractivity contribution in [2.24, 2.45) is 0 Å². The van der Waals surface area contributed by atoms with Gasteiger partial charge in [-0.2, -0.15) is 0 Å². The van der Waals surface area contributed by atoms with E-state index in [-0.39, 0.29) is 18.2 Å². The average Bonchev–Trinajstić information content (AvgIpc) is 2.14. The van der Waals surface area contributed by atoms with Gasteiger partial charge < -0.3 is 17.3 Å². The molecule has 0 N–H and O–H groups in total. The second-order valence-electron chi connectivity index (χ2n) is 3.49. The molecule has 0 unspecified atom stereocenters. The van der Waals surface area contributed by atoms with Crippen LogP contribution in [0.5, 0.6) is 0 Å². The van der Waals surface area contributed by atoms with E-state index >= 15 is 0 Å². The molecule has 0 bridgehead atoms. The highest BCUT2D eigenvalue weighted by atomic mass is 79.9. The molecule has 0 aliphatic heterocycles. The topological polar surface area (TPSA) is 20.3 Å². The lowest BCUT2D eigenvalue weighted by Gasteiger charge is -2.08. The summed E-state index contributed by atoms with van der Waals surface area (Å²) in [6.07, 6.45) is 0.573. The third kappa shape index (κ3) is 5.30. The fraction of sp³-hybridized carbons (Fsp3) is 0.364. The van der Waals surface area contributed by atoms with Crippen LogP contribution < -0.4 is 12.4 Å². The van der Waals surface area contributed by atoms with E-state index in [1.165, 1.54) is 0 Å². The van der Waals surface area contributed by atoms with E-state index in [4.69, 9.17) is 0 Å². The van der Waals surface area contributed by atoms with Crippen molar-refractivity contribution in [3.63, 3.8) is 0 Å². The smallest absolute Gasteiger partial charge is 0.164 e. The molecule has 0 atom stereocenters. The lowest BCUT2D eigenvalue weighted by molar-refractivity contribution is -0.0000108. The lowest BCUT2D eigenvalue weighted by atomic mass is 10.1. The highest BCUT2D eigenvalue weighted by molar-refractivity contribution is 9.10. The molecule has 0 heterocycles. The van der Waals surface area contributed by atoms with Crippen molar-refractivity contribution in [2.45, 2.75) is 6.42 Å². The molecule has 4 heteroatoms. The predicted octanol–water partition coefficient (Wildman–Crippen LogP) is -0.412.